The van der Waals surface area contributed by atoms with Gasteiger partial charge in [-0.2, -0.15) is 5.10 Å². The second-order valence-electron chi connectivity index (χ2n) is 3.87. The summed E-state index contributed by atoms with van der Waals surface area (Å²) >= 11 is 1.55. The van der Waals surface area contributed by atoms with Crippen LogP contribution in [0, 0.1) is 6.92 Å². The van der Waals surface area contributed by atoms with Crippen LogP contribution in [0.5, 0.6) is 0 Å². The van der Waals surface area contributed by atoms with Gasteiger partial charge in [-0.05, 0) is 18.4 Å². The number of carbonyl (C=O) groups excluding carboxylic acids is 1. The Hall–Kier alpha value is -2.15. The molecule has 100 valence electrons. The van der Waals surface area contributed by atoms with E-state index in [1.165, 1.54) is 0 Å². The zero-order chi connectivity index (χ0) is 13.7. The number of anilines is 1. The number of aromatic nitrogens is 2. The van der Waals surface area contributed by atoms with E-state index in [2.05, 4.69) is 15.6 Å². The van der Waals surface area contributed by atoms with Crippen molar-refractivity contribution in [2.75, 3.05) is 11.9 Å². The Kier molecular flexibility index (Phi) is 4.30. The Morgan fingerprint density at radius 3 is 3.16 bits per heavy atom. The van der Waals surface area contributed by atoms with Crippen molar-refractivity contribution in [2.45, 2.75) is 6.92 Å². The number of oxime groups is 1. The van der Waals surface area contributed by atoms with Crippen molar-refractivity contribution in [3.63, 3.8) is 0 Å². The van der Waals surface area contributed by atoms with E-state index in [0.717, 1.165) is 10.6 Å². The van der Waals surface area contributed by atoms with Crippen LogP contribution in [0.3, 0.4) is 0 Å². The van der Waals surface area contributed by atoms with Crippen LogP contribution in [0.1, 0.15) is 10.6 Å². The molecule has 7 heteroatoms. The minimum atomic E-state index is -0.272. The Balaban J connectivity index is 1.77. The fraction of sp³-hybridized carbons (Fsp3) is 0.250. The van der Waals surface area contributed by atoms with E-state index in [-0.39, 0.29) is 12.5 Å². The lowest BCUT2D eigenvalue weighted by atomic mass is 10.4. The van der Waals surface area contributed by atoms with Crippen molar-refractivity contribution in [3.8, 4) is 0 Å². The first-order valence-corrected chi connectivity index (χ1v) is 6.52. The predicted octanol–water partition coefficient (Wildman–Crippen LogP) is 1.78. The number of rotatable bonds is 5. The lowest BCUT2D eigenvalue weighted by molar-refractivity contribution is -0.120. The maximum Gasteiger partial charge on any atom is 0.266 e. The van der Waals surface area contributed by atoms with Gasteiger partial charge in [-0.3, -0.25) is 9.48 Å². The normalized spacial score (nSPS) is 10.8. The smallest absolute Gasteiger partial charge is 0.266 e. The van der Waals surface area contributed by atoms with Crippen molar-refractivity contribution in [1.29, 1.82) is 0 Å². The SMILES string of the molecule is Cc1cc(NC(=O)CO/N=C/c2cccs2)n(C)n1. The lowest BCUT2D eigenvalue weighted by Gasteiger charge is -2.03. The van der Waals surface area contributed by atoms with Gasteiger partial charge >= 0.3 is 0 Å². The van der Waals surface area contributed by atoms with Crippen molar-refractivity contribution in [1.82, 2.24) is 9.78 Å². The van der Waals surface area contributed by atoms with Gasteiger partial charge in [-0.15, -0.1) is 11.3 Å². The number of hydrogen-bond acceptors (Lipinski definition) is 5. The molecule has 1 N–H and O–H groups in total. The van der Waals surface area contributed by atoms with Gasteiger partial charge in [-0.1, -0.05) is 11.2 Å². The summed E-state index contributed by atoms with van der Waals surface area (Å²) in [6.45, 7) is 1.73. The molecule has 0 aliphatic heterocycles. The molecule has 0 aromatic carbocycles. The monoisotopic (exact) mass is 278 g/mol. The van der Waals surface area contributed by atoms with Crippen LogP contribution in [0.4, 0.5) is 5.82 Å². The van der Waals surface area contributed by atoms with Gasteiger partial charge in [0.1, 0.15) is 5.82 Å². The molecule has 2 aromatic heterocycles. The van der Waals surface area contributed by atoms with E-state index in [4.69, 9.17) is 4.84 Å². The first kappa shape index (κ1) is 13.3. The molecule has 0 fully saturated rings. The number of nitrogens with zero attached hydrogens (tertiary/aromatic N) is 3. The van der Waals surface area contributed by atoms with Crippen LogP contribution in [0.2, 0.25) is 0 Å². The third-order valence-corrected chi connectivity index (χ3v) is 3.07. The molecule has 0 atom stereocenters. The maximum atomic E-state index is 11.6. The average Bonchev–Trinajstić information content (AvgIpc) is 2.96. The van der Waals surface area contributed by atoms with Crippen molar-refractivity contribution in [3.05, 3.63) is 34.2 Å². The van der Waals surface area contributed by atoms with Crippen molar-refractivity contribution >= 4 is 29.3 Å². The summed E-state index contributed by atoms with van der Waals surface area (Å²) in [5, 5.41) is 12.5. The standard InChI is InChI=1S/C12H14N4O2S/c1-9-6-11(16(2)15-9)14-12(17)8-18-13-7-10-4-3-5-19-10/h3-7H,8H2,1-2H3,(H,14,17)/b13-7+. The summed E-state index contributed by atoms with van der Waals surface area (Å²) in [5.74, 6) is 0.361. The van der Waals surface area contributed by atoms with Crippen LogP contribution in [0.15, 0.2) is 28.7 Å². The number of nitrogens with one attached hydrogen (secondary N) is 1. The molecule has 0 spiro atoms. The van der Waals surface area contributed by atoms with Crippen molar-refractivity contribution < 1.29 is 9.63 Å². The molecule has 0 unspecified atom stereocenters. The van der Waals surface area contributed by atoms with Gasteiger partial charge < -0.3 is 10.2 Å². The fourth-order valence-electron chi connectivity index (χ4n) is 1.46. The molecule has 2 aromatic rings. The predicted molar refractivity (Wildman–Crippen MR) is 74.4 cm³/mol. The molecule has 0 aliphatic carbocycles. The number of thiophene rings is 1. The van der Waals surface area contributed by atoms with E-state index in [0.29, 0.717) is 5.82 Å². The summed E-state index contributed by atoms with van der Waals surface area (Å²) < 4.78 is 1.60. The second kappa shape index (κ2) is 6.14. The second-order valence-corrected chi connectivity index (χ2v) is 4.85. The molecule has 2 heterocycles. The van der Waals surface area contributed by atoms with Crippen LogP contribution < -0.4 is 5.32 Å². The Morgan fingerprint density at radius 1 is 1.68 bits per heavy atom. The van der Waals surface area contributed by atoms with E-state index in [9.17, 15) is 4.79 Å². The highest BCUT2D eigenvalue weighted by Gasteiger charge is 2.06. The zero-order valence-corrected chi connectivity index (χ0v) is 11.5. The maximum absolute atomic E-state index is 11.6. The highest BCUT2D eigenvalue weighted by Crippen LogP contribution is 2.07. The van der Waals surface area contributed by atoms with Crippen LogP contribution in [-0.2, 0) is 16.7 Å². The van der Waals surface area contributed by atoms with E-state index in [1.807, 2.05) is 24.4 Å². The van der Waals surface area contributed by atoms with Gasteiger partial charge in [0.2, 0.25) is 0 Å². The molecule has 2 rings (SSSR count). The zero-order valence-electron chi connectivity index (χ0n) is 10.7. The first-order chi connectivity index (χ1) is 9.15. The van der Waals surface area contributed by atoms with Crippen molar-refractivity contribution in [2.24, 2.45) is 12.2 Å². The molecule has 0 aliphatic rings. The highest BCUT2D eigenvalue weighted by atomic mass is 32.1. The van der Waals surface area contributed by atoms with E-state index >= 15 is 0 Å². The van der Waals surface area contributed by atoms with Crippen LogP contribution >= 0.6 is 11.3 Å². The summed E-state index contributed by atoms with van der Waals surface area (Å²) in [4.78, 5) is 17.5. The molecule has 0 radical (unpaired) electrons. The molecule has 0 saturated heterocycles. The summed E-state index contributed by atoms with van der Waals surface area (Å²) in [6.07, 6.45) is 1.58. The molecule has 6 nitrogen and oxygen atoms in total. The third-order valence-electron chi connectivity index (χ3n) is 2.26. The van der Waals surface area contributed by atoms with Gasteiger partial charge in [0.05, 0.1) is 11.9 Å². The van der Waals surface area contributed by atoms with Gasteiger partial charge in [0.25, 0.3) is 5.91 Å². The largest absolute Gasteiger partial charge is 0.386 e. The van der Waals surface area contributed by atoms with Crippen LogP contribution in [-0.4, -0.2) is 28.5 Å². The number of carbonyl (C=O) groups is 1. The summed E-state index contributed by atoms with van der Waals surface area (Å²) in [5.41, 5.74) is 0.842. The van der Waals surface area contributed by atoms with Gasteiger partial charge in [0, 0.05) is 18.0 Å². The van der Waals surface area contributed by atoms with E-state index in [1.54, 1.807) is 35.3 Å². The topological polar surface area (TPSA) is 68.5 Å². The quantitative estimate of drug-likeness (QED) is 0.669. The van der Waals surface area contributed by atoms with Gasteiger partial charge in [-0.25, -0.2) is 0 Å². The Labute approximate surface area is 114 Å². The van der Waals surface area contributed by atoms with Gasteiger partial charge in [0.15, 0.2) is 6.61 Å². The minimum absolute atomic E-state index is 0.133. The lowest BCUT2D eigenvalue weighted by Crippen LogP contribution is -2.18. The minimum Gasteiger partial charge on any atom is -0.386 e. The third kappa shape index (κ3) is 3.92. The fourth-order valence-corrected chi connectivity index (χ4v) is 2.03. The Morgan fingerprint density at radius 2 is 2.53 bits per heavy atom. The van der Waals surface area contributed by atoms with Crippen LogP contribution in [0.25, 0.3) is 0 Å². The number of aryl methyl sites for hydroxylation is 2. The molecule has 0 saturated carbocycles. The summed E-state index contributed by atoms with van der Waals surface area (Å²) in [6, 6.07) is 5.62. The summed E-state index contributed by atoms with van der Waals surface area (Å²) in [7, 11) is 1.76. The number of amides is 1. The first-order valence-electron chi connectivity index (χ1n) is 5.64. The molecular formula is C12H14N4O2S. The highest BCUT2D eigenvalue weighted by molar-refractivity contribution is 7.11. The average molecular weight is 278 g/mol. The molecule has 19 heavy (non-hydrogen) atoms. The molecule has 0 bridgehead atoms. The molecular weight excluding hydrogens is 264 g/mol. The van der Waals surface area contributed by atoms with E-state index < -0.39 is 0 Å². The molecule has 1 amide bonds. The Bertz CT molecular complexity index is 575. The number of hydrogen-bond donors (Lipinski definition) is 1.